The van der Waals surface area contributed by atoms with Gasteiger partial charge in [0, 0.05) is 38.5 Å². The summed E-state index contributed by atoms with van der Waals surface area (Å²) in [7, 11) is 0. The van der Waals surface area contributed by atoms with Crippen molar-refractivity contribution in [1.82, 2.24) is 9.13 Å². The Bertz CT molecular complexity index is 2740. The fourth-order valence-corrected chi connectivity index (χ4v) is 8.14. The molecular weight excluding hydrogens is 605 g/mol. The quantitative estimate of drug-likeness (QED) is 0.178. The van der Waals surface area contributed by atoms with Crippen LogP contribution in [0.25, 0.3) is 83.5 Å². The second kappa shape index (κ2) is 11.6. The lowest BCUT2D eigenvalue weighted by Gasteiger charge is -2.20. The van der Waals surface area contributed by atoms with E-state index in [2.05, 4.69) is 191 Å². The average molecular weight is 639 g/mol. The lowest BCUT2D eigenvalue weighted by Crippen LogP contribution is -2.05. The van der Waals surface area contributed by atoms with Crippen LogP contribution in [-0.4, -0.2) is 9.13 Å². The average Bonchev–Trinajstić information content (AvgIpc) is 3.70. The van der Waals surface area contributed by atoms with Crippen LogP contribution in [0.5, 0.6) is 0 Å². The van der Waals surface area contributed by atoms with Crippen LogP contribution in [-0.2, 0) is 6.42 Å². The van der Waals surface area contributed by atoms with Crippen LogP contribution < -0.4 is 0 Å². The molecule has 0 radical (unpaired) electrons. The van der Waals surface area contributed by atoms with Gasteiger partial charge in [-0.3, -0.25) is 0 Å². The Morgan fingerprint density at radius 1 is 0.380 bits per heavy atom. The third-order valence-corrected chi connectivity index (χ3v) is 10.4. The van der Waals surface area contributed by atoms with E-state index in [4.69, 9.17) is 0 Å². The van der Waals surface area contributed by atoms with Crippen molar-refractivity contribution in [3.63, 3.8) is 0 Å². The van der Waals surface area contributed by atoms with E-state index < -0.39 is 0 Å². The fourth-order valence-electron chi connectivity index (χ4n) is 8.14. The Hall–Kier alpha value is -6.38. The molecule has 0 spiro atoms. The number of allylic oxidation sites excluding steroid dienone is 1. The van der Waals surface area contributed by atoms with Gasteiger partial charge in [-0.15, -0.1) is 0 Å². The predicted molar refractivity (Wildman–Crippen MR) is 211 cm³/mol. The summed E-state index contributed by atoms with van der Waals surface area (Å²) in [4.78, 5) is 0. The highest BCUT2D eigenvalue weighted by molar-refractivity contribution is 6.11. The third kappa shape index (κ3) is 4.49. The van der Waals surface area contributed by atoms with Gasteiger partial charge >= 0.3 is 0 Å². The summed E-state index contributed by atoms with van der Waals surface area (Å²) in [5.41, 5.74) is 16.1. The van der Waals surface area contributed by atoms with E-state index in [-0.39, 0.29) is 0 Å². The molecule has 7 aromatic carbocycles. The molecule has 0 N–H and O–H groups in total. The van der Waals surface area contributed by atoms with Gasteiger partial charge in [0.1, 0.15) is 0 Å². The van der Waals surface area contributed by atoms with Gasteiger partial charge < -0.3 is 9.13 Å². The van der Waals surface area contributed by atoms with Gasteiger partial charge in [0.15, 0.2) is 0 Å². The van der Waals surface area contributed by atoms with E-state index in [0.29, 0.717) is 0 Å². The number of rotatable bonds is 5. The van der Waals surface area contributed by atoms with E-state index >= 15 is 0 Å². The van der Waals surface area contributed by atoms with E-state index in [9.17, 15) is 0 Å². The topological polar surface area (TPSA) is 9.86 Å². The normalized spacial score (nSPS) is 12.6. The van der Waals surface area contributed by atoms with E-state index in [1.807, 2.05) is 0 Å². The maximum absolute atomic E-state index is 2.53. The minimum atomic E-state index is 1.01. The summed E-state index contributed by atoms with van der Waals surface area (Å²) in [5, 5.41) is 3.82. The van der Waals surface area contributed by atoms with Gasteiger partial charge in [0.05, 0.1) is 27.9 Å². The number of fused-ring (bicyclic) bond motifs is 6. The maximum atomic E-state index is 2.53. The lowest BCUT2D eigenvalue weighted by molar-refractivity contribution is 0.889. The highest BCUT2D eigenvalue weighted by atomic mass is 15.0. The van der Waals surface area contributed by atoms with Crippen LogP contribution in [0.15, 0.2) is 176 Å². The molecule has 2 aromatic heterocycles. The SMILES string of the molecule is C1=Cc2c(n(-c3ccccc3-c3ccccc3-n3c4ccccc4c4cc(-c5ccccc5)ccc43)c3ccc(-c4ccccc4)cc23)CC1. The molecule has 0 aliphatic heterocycles. The summed E-state index contributed by atoms with van der Waals surface area (Å²) in [6, 6.07) is 62.0. The molecule has 0 saturated carbocycles. The van der Waals surface area contributed by atoms with Crippen LogP contribution in [0.1, 0.15) is 17.7 Å². The van der Waals surface area contributed by atoms with Crippen molar-refractivity contribution in [3.05, 3.63) is 187 Å². The van der Waals surface area contributed by atoms with Crippen LogP contribution in [0.2, 0.25) is 0 Å². The van der Waals surface area contributed by atoms with Crippen molar-refractivity contribution in [2.24, 2.45) is 0 Å². The zero-order valence-electron chi connectivity index (χ0n) is 27.6. The van der Waals surface area contributed by atoms with Crippen molar-refractivity contribution in [3.8, 4) is 44.8 Å². The van der Waals surface area contributed by atoms with E-state index in [1.165, 1.54) is 88.7 Å². The van der Waals surface area contributed by atoms with Crippen molar-refractivity contribution >= 4 is 38.8 Å². The first kappa shape index (κ1) is 28.6. The molecule has 0 unspecified atom stereocenters. The van der Waals surface area contributed by atoms with E-state index in [1.54, 1.807) is 0 Å². The first-order valence-corrected chi connectivity index (χ1v) is 17.5. The zero-order chi connectivity index (χ0) is 33.0. The molecule has 0 fully saturated rings. The summed E-state index contributed by atoms with van der Waals surface area (Å²) < 4.78 is 5.00. The summed E-state index contributed by atoms with van der Waals surface area (Å²) >= 11 is 0. The molecule has 2 heterocycles. The highest BCUT2D eigenvalue weighted by Gasteiger charge is 2.23. The standard InChI is InChI=1S/C48H34N2/c1-3-15-33(16-4-1)35-27-29-47-41(31-35)39-21-9-13-25-45(39)49(47)43-23-11-7-19-37(43)38-20-8-12-24-44(38)50-46-26-14-10-22-40(46)42-32-36(28-30-48(42)50)34-17-5-2-6-18-34/h1-13,15-25,27-32H,14,26H2. The third-order valence-electron chi connectivity index (χ3n) is 10.4. The smallest absolute Gasteiger partial charge is 0.0541 e. The second-order valence-electron chi connectivity index (χ2n) is 13.2. The van der Waals surface area contributed by atoms with Gasteiger partial charge in [0.25, 0.3) is 0 Å². The molecule has 10 rings (SSSR count). The van der Waals surface area contributed by atoms with Crippen LogP contribution >= 0.6 is 0 Å². The van der Waals surface area contributed by atoms with E-state index in [0.717, 1.165) is 12.8 Å². The number of hydrogen-bond donors (Lipinski definition) is 0. The van der Waals surface area contributed by atoms with Gasteiger partial charge in [-0.25, -0.2) is 0 Å². The van der Waals surface area contributed by atoms with Crippen molar-refractivity contribution < 1.29 is 0 Å². The molecule has 1 aliphatic carbocycles. The fraction of sp³-hybridized carbons (Fsp3) is 0.0417. The first-order chi connectivity index (χ1) is 24.8. The molecular formula is C48H34N2. The molecule has 0 atom stereocenters. The van der Waals surface area contributed by atoms with Crippen LogP contribution in [0.3, 0.4) is 0 Å². The highest BCUT2D eigenvalue weighted by Crippen LogP contribution is 2.42. The summed E-state index contributed by atoms with van der Waals surface area (Å²) in [5.74, 6) is 0. The van der Waals surface area contributed by atoms with Gasteiger partial charge in [0.2, 0.25) is 0 Å². The van der Waals surface area contributed by atoms with Gasteiger partial charge in [-0.1, -0.05) is 140 Å². The number of hydrogen-bond acceptors (Lipinski definition) is 0. The molecule has 0 amide bonds. The van der Waals surface area contributed by atoms with Crippen molar-refractivity contribution in [1.29, 1.82) is 0 Å². The molecule has 2 heteroatoms. The molecule has 2 nitrogen and oxygen atoms in total. The largest absolute Gasteiger partial charge is 0.312 e. The van der Waals surface area contributed by atoms with Crippen molar-refractivity contribution in [2.75, 3.05) is 0 Å². The van der Waals surface area contributed by atoms with Crippen LogP contribution in [0, 0.1) is 0 Å². The first-order valence-electron chi connectivity index (χ1n) is 17.5. The molecule has 1 aliphatic rings. The predicted octanol–water partition coefficient (Wildman–Crippen LogP) is 12.7. The van der Waals surface area contributed by atoms with Crippen LogP contribution in [0.4, 0.5) is 0 Å². The minimum Gasteiger partial charge on any atom is -0.312 e. The number of nitrogens with zero attached hydrogens (tertiary/aromatic N) is 2. The Morgan fingerprint density at radius 3 is 1.58 bits per heavy atom. The van der Waals surface area contributed by atoms with Crippen molar-refractivity contribution in [2.45, 2.75) is 12.8 Å². The molecule has 0 bridgehead atoms. The Balaban J connectivity index is 1.20. The lowest BCUT2D eigenvalue weighted by atomic mass is 9.99. The molecule has 9 aromatic rings. The Labute approximate surface area is 291 Å². The minimum absolute atomic E-state index is 1.01. The molecule has 236 valence electrons. The molecule has 50 heavy (non-hydrogen) atoms. The Kier molecular flexibility index (Phi) is 6.67. The van der Waals surface area contributed by atoms with Gasteiger partial charge in [-0.05, 0) is 77.6 Å². The van der Waals surface area contributed by atoms with Gasteiger partial charge in [-0.2, -0.15) is 0 Å². The zero-order valence-corrected chi connectivity index (χ0v) is 27.6. The Morgan fingerprint density at radius 2 is 0.900 bits per heavy atom. The molecule has 0 saturated heterocycles. The number of aromatic nitrogens is 2. The number of para-hydroxylation sites is 3. The number of benzene rings is 7. The monoisotopic (exact) mass is 638 g/mol. The second-order valence-corrected chi connectivity index (χ2v) is 13.2. The summed E-state index contributed by atoms with van der Waals surface area (Å²) in [6.07, 6.45) is 6.71. The maximum Gasteiger partial charge on any atom is 0.0541 e. The summed E-state index contributed by atoms with van der Waals surface area (Å²) in [6.45, 7) is 0.